The summed E-state index contributed by atoms with van der Waals surface area (Å²) in [5.74, 6) is 1.29. The molecule has 1 aromatic carbocycles. The smallest absolute Gasteiger partial charge is 0.256 e. The Balaban J connectivity index is 2.48. The van der Waals surface area contributed by atoms with Crippen molar-refractivity contribution in [3.8, 4) is 17.0 Å². The van der Waals surface area contributed by atoms with Crippen molar-refractivity contribution in [1.29, 1.82) is 0 Å². The molecule has 0 aliphatic rings. The van der Waals surface area contributed by atoms with Gasteiger partial charge in [-0.1, -0.05) is 13.8 Å². The van der Waals surface area contributed by atoms with Crippen molar-refractivity contribution in [3.05, 3.63) is 52.3 Å². The Labute approximate surface area is 131 Å². The third kappa shape index (κ3) is 3.57. The standard InChI is InChI=1S/C18H23NO3/c1-13(2)10-11-19-17(9-6-15(12-20)18(19)21)14-4-7-16(22-3)8-5-14/h4-9,13,20H,10-12H2,1-3H3. The molecular formula is C18H23NO3. The first-order chi connectivity index (χ1) is 10.6. The average Bonchev–Trinajstić information content (AvgIpc) is 2.53. The van der Waals surface area contributed by atoms with Crippen LogP contribution in [0.15, 0.2) is 41.2 Å². The summed E-state index contributed by atoms with van der Waals surface area (Å²) in [7, 11) is 1.63. The second-order valence-electron chi connectivity index (χ2n) is 5.77. The molecule has 1 heterocycles. The summed E-state index contributed by atoms with van der Waals surface area (Å²) in [6.07, 6.45) is 0.915. The Bertz CT molecular complexity index is 672. The molecule has 0 bridgehead atoms. The van der Waals surface area contributed by atoms with E-state index in [2.05, 4.69) is 13.8 Å². The molecule has 0 saturated heterocycles. The van der Waals surface area contributed by atoms with Gasteiger partial charge in [-0.2, -0.15) is 0 Å². The molecule has 0 fully saturated rings. The Morgan fingerprint density at radius 1 is 1.14 bits per heavy atom. The van der Waals surface area contributed by atoms with E-state index in [-0.39, 0.29) is 12.2 Å². The quantitative estimate of drug-likeness (QED) is 0.892. The van der Waals surface area contributed by atoms with Gasteiger partial charge < -0.3 is 14.4 Å². The first-order valence-electron chi connectivity index (χ1n) is 7.54. The molecule has 2 rings (SSSR count). The van der Waals surface area contributed by atoms with Crippen molar-refractivity contribution in [2.75, 3.05) is 7.11 Å². The zero-order valence-corrected chi connectivity index (χ0v) is 13.4. The summed E-state index contributed by atoms with van der Waals surface area (Å²) in [6, 6.07) is 11.2. The third-order valence-electron chi connectivity index (χ3n) is 3.74. The van der Waals surface area contributed by atoms with E-state index in [1.54, 1.807) is 17.7 Å². The van der Waals surface area contributed by atoms with Crippen LogP contribution in [0.2, 0.25) is 0 Å². The largest absolute Gasteiger partial charge is 0.497 e. The molecule has 0 saturated carbocycles. The summed E-state index contributed by atoms with van der Waals surface area (Å²) in [5, 5.41) is 9.32. The van der Waals surface area contributed by atoms with E-state index in [0.717, 1.165) is 23.4 Å². The van der Waals surface area contributed by atoms with Gasteiger partial charge in [-0.3, -0.25) is 4.79 Å². The van der Waals surface area contributed by atoms with Crippen molar-refractivity contribution in [3.63, 3.8) is 0 Å². The minimum absolute atomic E-state index is 0.114. The summed E-state index contributed by atoms with van der Waals surface area (Å²) in [5.41, 5.74) is 2.15. The molecule has 0 aliphatic carbocycles. The SMILES string of the molecule is COc1ccc(-c2ccc(CO)c(=O)n2CCC(C)C)cc1. The van der Waals surface area contributed by atoms with Gasteiger partial charge in [0.05, 0.1) is 19.4 Å². The summed E-state index contributed by atoms with van der Waals surface area (Å²) in [6.45, 7) is 4.68. The van der Waals surface area contributed by atoms with E-state index >= 15 is 0 Å². The van der Waals surface area contributed by atoms with Gasteiger partial charge >= 0.3 is 0 Å². The van der Waals surface area contributed by atoms with E-state index in [0.29, 0.717) is 18.0 Å². The molecule has 0 radical (unpaired) electrons. The normalized spacial score (nSPS) is 11.0. The number of rotatable bonds is 6. The highest BCUT2D eigenvalue weighted by Crippen LogP contribution is 2.22. The van der Waals surface area contributed by atoms with Crippen LogP contribution in [0, 0.1) is 5.92 Å². The van der Waals surface area contributed by atoms with Crippen molar-refractivity contribution >= 4 is 0 Å². The van der Waals surface area contributed by atoms with Crippen LogP contribution in [0.5, 0.6) is 5.75 Å². The lowest BCUT2D eigenvalue weighted by molar-refractivity contribution is 0.279. The second kappa shape index (κ2) is 7.27. The fourth-order valence-electron chi connectivity index (χ4n) is 2.37. The first-order valence-corrected chi connectivity index (χ1v) is 7.54. The lowest BCUT2D eigenvalue weighted by Gasteiger charge is -2.16. The van der Waals surface area contributed by atoms with E-state index < -0.39 is 0 Å². The van der Waals surface area contributed by atoms with Crippen LogP contribution < -0.4 is 10.3 Å². The molecule has 22 heavy (non-hydrogen) atoms. The predicted octanol–water partition coefficient (Wildman–Crippen LogP) is 3.06. The maximum absolute atomic E-state index is 12.5. The third-order valence-corrected chi connectivity index (χ3v) is 3.74. The van der Waals surface area contributed by atoms with Crippen LogP contribution in [0.25, 0.3) is 11.3 Å². The van der Waals surface area contributed by atoms with Gasteiger partial charge in [0.1, 0.15) is 5.75 Å². The van der Waals surface area contributed by atoms with E-state index in [1.165, 1.54) is 0 Å². The van der Waals surface area contributed by atoms with Crippen LogP contribution in [0.1, 0.15) is 25.8 Å². The summed E-state index contributed by atoms with van der Waals surface area (Å²) in [4.78, 5) is 12.5. The number of benzene rings is 1. The molecular weight excluding hydrogens is 278 g/mol. The van der Waals surface area contributed by atoms with Crippen LogP contribution in [0.3, 0.4) is 0 Å². The van der Waals surface area contributed by atoms with Crippen LogP contribution in [-0.4, -0.2) is 16.8 Å². The van der Waals surface area contributed by atoms with E-state index in [4.69, 9.17) is 4.74 Å². The molecule has 0 spiro atoms. The van der Waals surface area contributed by atoms with Gasteiger partial charge in [0.2, 0.25) is 0 Å². The molecule has 2 aromatic rings. The van der Waals surface area contributed by atoms with Crippen molar-refractivity contribution in [1.82, 2.24) is 4.57 Å². The topological polar surface area (TPSA) is 51.5 Å². The number of hydrogen-bond acceptors (Lipinski definition) is 3. The summed E-state index contributed by atoms with van der Waals surface area (Å²) >= 11 is 0. The fourth-order valence-corrected chi connectivity index (χ4v) is 2.37. The molecule has 0 aliphatic heterocycles. The van der Waals surface area contributed by atoms with Crippen molar-refractivity contribution < 1.29 is 9.84 Å². The van der Waals surface area contributed by atoms with E-state index in [1.807, 2.05) is 30.3 Å². The Kier molecular flexibility index (Phi) is 5.39. The Hall–Kier alpha value is -2.07. The van der Waals surface area contributed by atoms with Gasteiger partial charge in [0, 0.05) is 12.1 Å². The van der Waals surface area contributed by atoms with Crippen LogP contribution in [-0.2, 0) is 13.2 Å². The molecule has 4 heteroatoms. The van der Waals surface area contributed by atoms with Crippen LogP contribution >= 0.6 is 0 Å². The van der Waals surface area contributed by atoms with Gasteiger partial charge in [-0.15, -0.1) is 0 Å². The molecule has 1 aromatic heterocycles. The maximum Gasteiger partial charge on any atom is 0.256 e. The number of ether oxygens (including phenoxy) is 1. The van der Waals surface area contributed by atoms with Gasteiger partial charge in [0.25, 0.3) is 5.56 Å². The lowest BCUT2D eigenvalue weighted by Crippen LogP contribution is -2.25. The monoisotopic (exact) mass is 301 g/mol. The highest BCUT2D eigenvalue weighted by molar-refractivity contribution is 5.61. The molecule has 4 nitrogen and oxygen atoms in total. The minimum atomic E-state index is -0.233. The van der Waals surface area contributed by atoms with E-state index in [9.17, 15) is 9.90 Å². The zero-order chi connectivity index (χ0) is 16.1. The summed E-state index contributed by atoms with van der Waals surface area (Å²) < 4.78 is 6.93. The molecule has 0 amide bonds. The number of aliphatic hydroxyl groups excluding tert-OH is 1. The number of pyridine rings is 1. The highest BCUT2D eigenvalue weighted by atomic mass is 16.5. The van der Waals surface area contributed by atoms with Crippen molar-refractivity contribution in [2.45, 2.75) is 33.4 Å². The number of hydrogen-bond donors (Lipinski definition) is 1. The number of methoxy groups -OCH3 is 1. The Morgan fingerprint density at radius 2 is 1.82 bits per heavy atom. The highest BCUT2D eigenvalue weighted by Gasteiger charge is 2.11. The minimum Gasteiger partial charge on any atom is -0.497 e. The number of nitrogens with zero attached hydrogens (tertiary/aromatic N) is 1. The number of aromatic nitrogens is 1. The lowest BCUT2D eigenvalue weighted by atomic mass is 10.1. The van der Waals surface area contributed by atoms with Gasteiger partial charge in [0.15, 0.2) is 0 Å². The second-order valence-corrected chi connectivity index (χ2v) is 5.77. The Morgan fingerprint density at radius 3 is 2.36 bits per heavy atom. The number of aliphatic hydroxyl groups is 1. The fraction of sp³-hybridized carbons (Fsp3) is 0.389. The maximum atomic E-state index is 12.5. The average molecular weight is 301 g/mol. The van der Waals surface area contributed by atoms with Gasteiger partial charge in [-0.25, -0.2) is 0 Å². The first kappa shape index (κ1) is 16.3. The molecule has 1 N–H and O–H groups in total. The molecule has 118 valence electrons. The zero-order valence-electron chi connectivity index (χ0n) is 13.4. The van der Waals surface area contributed by atoms with Gasteiger partial charge in [-0.05, 0) is 54.3 Å². The molecule has 0 atom stereocenters. The molecule has 0 unspecified atom stereocenters. The van der Waals surface area contributed by atoms with Crippen LogP contribution in [0.4, 0.5) is 0 Å². The van der Waals surface area contributed by atoms with Crippen molar-refractivity contribution in [2.24, 2.45) is 5.92 Å². The predicted molar refractivity (Wildman–Crippen MR) is 88.1 cm³/mol.